The van der Waals surface area contributed by atoms with Crippen LogP contribution in [0.1, 0.15) is 94.9 Å². The summed E-state index contributed by atoms with van der Waals surface area (Å²) in [6, 6.07) is 19.4. The zero-order valence-electron chi connectivity index (χ0n) is 75.3. The van der Waals surface area contributed by atoms with Crippen molar-refractivity contribution >= 4 is 57.1 Å². The summed E-state index contributed by atoms with van der Waals surface area (Å²) >= 11 is 0.722. The van der Waals surface area contributed by atoms with Gasteiger partial charge in [0.2, 0.25) is 11.8 Å². The molecule has 2 aliphatic rings. The van der Waals surface area contributed by atoms with Crippen LogP contribution in [0.5, 0.6) is 0 Å². The van der Waals surface area contributed by atoms with Gasteiger partial charge in [-0.15, -0.1) is 23.5 Å². The molecule has 0 bridgehead atoms. The first-order valence-electron chi connectivity index (χ1n) is 42.1. The molecule has 0 unspecified atom stereocenters. The molecular weight excluding hydrogens is 1420 g/mol. The minimum Gasteiger partial charge on any atom is -0.383 e. The van der Waals surface area contributed by atoms with Crippen LogP contribution >= 0.6 is 23.5 Å². The van der Waals surface area contributed by atoms with Gasteiger partial charge in [0, 0.05) is 132 Å². The number of aromatic nitrogens is 2. The first-order chi connectivity index (χ1) is 57.9. The molecule has 2 fully saturated rings. The number of amides is 2. The highest BCUT2D eigenvalue weighted by molar-refractivity contribution is 7.98. The molecule has 0 saturated carbocycles. The van der Waals surface area contributed by atoms with Gasteiger partial charge >= 0.3 is 12.4 Å². The molecule has 24 heteroatoms. The number of rotatable bonds is 24. The lowest BCUT2D eigenvalue weighted by Gasteiger charge is -2.39. The van der Waals surface area contributed by atoms with Gasteiger partial charge in [0.25, 0.3) is 0 Å². The molecule has 2 amide bonds. The number of methoxy groups -OCH3 is 2. The fourth-order valence-electron chi connectivity index (χ4n) is 11.8. The fraction of sp³-hybridized carbons (Fsp3) is 0.317. The maximum absolute atomic E-state index is 15.1. The van der Waals surface area contributed by atoms with Gasteiger partial charge in [-0.05, 0) is 133 Å². The molecule has 2 saturated heterocycles. The van der Waals surface area contributed by atoms with E-state index in [4.69, 9.17) is 28.7 Å². The highest BCUT2D eigenvalue weighted by atomic mass is 32.2. The Morgan fingerprint density at radius 1 is 0.509 bits per heavy atom. The molecule has 556 valence electrons. The SMILES string of the molecule is [2H]c1c(C)c([2H])c2c(=O)c([2H])c(SC([2H])([2H])c3cccc(F)c3F)n(CC(=O)N(C3CCN(C([2H])([2H])COC)CC3)C([2H])([2H])c3ccc(-c4ccc(C(F)(F)F)cc4)cc3)c2c1[2H].[2H]c1c(C)c([2H])c2c(=O)c([2H])c(SCc3cccc(F)c3F)n(CC(=O)N(C3CCN(C([2H])([2H])COC)CC3)C([2H])([2H])c3ccc(-c4ccc(C(F)(F)F)cc4)cc3)c2c1[2H]. The zero-order chi connectivity index (χ0) is 91.3. The van der Waals surface area contributed by atoms with Crippen molar-refractivity contribution in [3.05, 3.63) is 270 Å². The zero-order valence-corrected chi connectivity index (χ0v) is 58.9. The molecule has 0 aliphatic carbocycles. The number of fused-ring (bicyclic) bond motifs is 2. The van der Waals surface area contributed by atoms with Crippen molar-refractivity contribution in [3.8, 4) is 22.3 Å². The van der Waals surface area contributed by atoms with Gasteiger partial charge in [0.1, 0.15) is 13.1 Å². The van der Waals surface area contributed by atoms with Crippen LogP contribution in [0.15, 0.2) is 201 Å². The van der Waals surface area contributed by atoms with E-state index in [2.05, 4.69) is 0 Å². The summed E-state index contributed by atoms with van der Waals surface area (Å²) in [6.45, 7) is -8.76. The standard InChI is InChI=1S/2C41H40F5N3O3S/c2*1-27-6-15-36-34(22-27)37(50)23-39(53-26-31-4-3-5-35(42)40(31)43)49(36)25-38(51)48(33-16-18-47(19-17-33)20-21-52-2)24-28-7-9-29(10-8-28)30-11-13-32(14-12-30)41(44,45)46/h2*3-15,22-23,33H,16-21,24-26H2,1-2H3/i6D,15D,20D2,22D,23D,24D2,26D2;6D,15D,20D2,22D,23D,24D2. The van der Waals surface area contributed by atoms with Gasteiger partial charge in [0.15, 0.2) is 34.1 Å². The molecule has 0 spiro atoms. The Kier molecular flexibility index (Phi) is 18.9. The average Bonchev–Trinajstić information content (AvgIpc) is 0.731. The number of ether oxygens (including phenoxy) is 2. The largest absolute Gasteiger partial charge is 0.416 e. The predicted molar refractivity (Wildman–Crippen MR) is 395 cm³/mol. The molecule has 4 heterocycles. The van der Waals surface area contributed by atoms with Crippen molar-refractivity contribution in [1.29, 1.82) is 0 Å². The molecule has 2 aromatic heterocycles. The third-order valence-corrected chi connectivity index (χ3v) is 19.3. The second-order valence-corrected chi connectivity index (χ2v) is 26.4. The Balaban J connectivity index is 0.000000241. The van der Waals surface area contributed by atoms with E-state index in [1.165, 1.54) is 123 Å². The lowest BCUT2D eigenvalue weighted by molar-refractivity contribution is -0.138. The number of thioether (sulfide) groups is 2. The molecule has 12 nitrogen and oxygen atoms in total. The Labute approximate surface area is 641 Å². The topological polar surface area (TPSA) is 110 Å². The van der Waals surface area contributed by atoms with Gasteiger partial charge in [0.05, 0.1) is 61.9 Å². The van der Waals surface area contributed by atoms with Crippen LogP contribution in [0, 0.1) is 37.1 Å². The van der Waals surface area contributed by atoms with E-state index in [1.54, 1.807) is 0 Å². The van der Waals surface area contributed by atoms with Crippen molar-refractivity contribution < 1.29 is 87.6 Å². The molecule has 10 aromatic rings. The number of carbonyl (C=O) groups excluding carboxylic acids is 2. The molecule has 12 rings (SSSR count). The van der Waals surface area contributed by atoms with Gasteiger partial charge < -0.3 is 38.2 Å². The van der Waals surface area contributed by atoms with Crippen LogP contribution < -0.4 is 10.9 Å². The Bertz CT molecular complexity index is 5830. The maximum Gasteiger partial charge on any atom is 0.416 e. The minimum atomic E-state index is -4.57. The summed E-state index contributed by atoms with van der Waals surface area (Å²) in [5.74, 6) is -7.66. The maximum atomic E-state index is 15.1. The predicted octanol–water partition coefficient (Wildman–Crippen LogP) is 17.4. The van der Waals surface area contributed by atoms with Gasteiger partial charge in [-0.25, -0.2) is 17.6 Å². The van der Waals surface area contributed by atoms with Crippen molar-refractivity contribution in [3.63, 3.8) is 0 Å². The number of carbonyl (C=O) groups is 2. The number of halogens is 10. The fourth-order valence-corrected chi connectivity index (χ4v) is 13.6. The van der Waals surface area contributed by atoms with Gasteiger partial charge in [-0.1, -0.05) is 120 Å². The lowest BCUT2D eigenvalue weighted by atomic mass is 10.00. The third-order valence-electron chi connectivity index (χ3n) is 17.4. The summed E-state index contributed by atoms with van der Waals surface area (Å²) in [6.07, 6.45) is -8.96. The smallest absolute Gasteiger partial charge is 0.383 e. The second-order valence-electron chi connectivity index (χ2n) is 24.6. The average molecular weight is 1520 g/mol. The van der Waals surface area contributed by atoms with Crippen molar-refractivity contribution in [2.45, 2.75) is 112 Å². The lowest BCUT2D eigenvalue weighted by Crippen LogP contribution is -2.48. The molecule has 0 atom stereocenters. The van der Waals surface area contributed by atoms with Crippen molar-refractivity contribution in [2.75, 3.05) is 66.6 Å². The third kappa shape index (κ3) is 19.6. The number of hydrogen-bond acceptors (Lipinski definition) is 10. The normalized spacial score (nSPS) is 17.3. The highest BCUT2D eigenvalue weighted by Gasteiger charge is 2.34. The molecule has 2 aliphatic heterocycles. The number of pyridine rings is 2. The Morgan fingerprint density at radius 3 is 1.26 bits per heavy atom. The molecule has 0 radical (unpaired) electrons. The van der Waals surface area contributed by atoms with E-state index < -0.39 is 202 Å². The number of hydrogen-bond donors (Lipinski definition) is 0. The monoisotopic (exact) mass is 1520 g/mol. The molecular formula is C82H80F10N6O6S2. The van der Waals surface area contributed by atoms with E-state index in [-0.39, 0.29) is 121 Å². The Hall–Kier alpha value is -9.04. The molecule has 8 aromatic carbocycles. The number of likely N-dealkylation sites (tertiary alicyclic amines) is 2. The first kappa shape index (κ1) is 57.2. The number of nitrogens with zero attached hydrogens (tertiary/aromatic N) is 6. The van der Waals surface area contributed by atoms with Crippen LogP contribution in [-0.4, -0.2) is 119 Å². The number of alkyl halides is 6. The highest BCUT2D eigenvalue weighted by Crippen LogP contribution is 2.36. The van der Waals surface area contributed by atoms with Crippen LogP contribution in [0.4, 0.5) is 43.9 Å². The molecule has 106 heavy (non-hydrogen) atoms. The van der Waals surface area contributed by atoms with E-state index in [0.29, 0.717) is 34.0 Å². The van der Waals surface area contributed by atoms with Crippen LogP contribution in [0.2, 0.25) is 0 Å². The second kappa shape index (κ2) is 35.1. The van der Waals surface area contributed by atoms with Crippen LogP contribution in [0.25, 0.3) is 44.1 Å². The number of piperidine rings is 2. The minimum absolute atomic E-state index is 0.00630. The van der Waals surface area contributed by atoms with E-state index in [9.17, 15) is 59.4 Å². The molecule has 0 N–H and O–H groups in total. The summed E-state index contributed by atoms with van der Waals surface area (Å²) in [5, 5.41) is -1.95. The van der Waals surface area contributed by atoms with E-state index in [1.807, 2.05) is 0 Å². The van der Waals surface area contributed by atoms with Crippen LogP contribution in [-0.2, 0) is 69.0 Å². The van der Waals surface area contributed by atoms with Crippen molar-refractivity contribution in [2.24, 2.45) is 0 Å². The van der Waals surface area contributed by atoms with E-state index in [0.717, 1.165) is 67.5 Å². The summed E-state index contributed by atoms with van der Waals surface area (Å²) < 4.78 is 310. The Morgan fingerprint density at radius 2 is 0.877 bits per heavy atom. The number of benzene rings is 8. The first-order valence-corrected chi connectivity index (χ1v) is 34.9. The van der Waals surface area contributed by atoms with Gasteiger partial charge in [-0.3, -0.25) is 19.2 Å². The summed E-state index contributed by atoms with van der Waals surface area (Å²) in [5.41, 5.74) is -7.33. The summed E-state index contributed by atoms with van der Waals surface area (Å²) in [4.78, 5) is 62.5. The van der Waals surface area contributed by atoms with E-state index >= 15 is 9.18 Å². The van der Waals surface area contributed by atoms with Gasteiger partial charge in [-0.2, -0.15) is 26.3 Å². The summed E-state index contributed by atoms with van der Waals surface area (Å²) in [7, 11) is 2.68. The quantitative estimate of drug-likeness (QED) is 0.0428. The van der Waals surface area contributed by atoms with Crippen molar-refractivity contribution in [1.82, 2.24) is 28.7 Å². The van der Waals surface area contributed by atoms with Crippen LogP contribution in [0.3, 0.4) is 0 Å².